The van der Waals surface area contributed by atoms with Crippen LogP contribution in [0.3, 0.4) is 0 Å². The van der Waals surface area contributed by atoms with Crippen LogP contribution in [-0.2, 0) is 0 Å². The first-order valence-corrected chi connectivity index (χ1v) is 6.23. The van der Waals surface area contributed by atoms with Crippen LogP contribution in [0.2, 0.25) is 0 Å². The molecule has 16 heavy (non-hydrogen) atoms. The van der Waals surface area contributed by atoms with Gasteiger partial charge in [-0.2, -0.15) is 0 Å². The number of hydrogen-bond donors (Lipinski definition) is 0. The zero-order chi connectivity index (χ0) is 11.4. The maximum absolute atomic E-state index is 5.84. The third kappa shape index (κ3) is 2.76. The number of likely N-dealkylation sites (N-methyl/N-ethyl adjacent to an activating group) is 1. The third-order valence-electron chi connectivity index (χ3n) is 3.37. The van der Waals surface area contributed by atoms with Crippen LogP contribution in [0.5, 0.6) is 5.75 Å². The summed E-state index contributed by atoms with van der Waals surface area (Å²) in [4.78, 5) is 2.51. The van der Waals surface area contributed by atoms with Gasteiger partial charge in [0.1, 0.15) is 12.4 Å². The van der Waals surface area contributed by atoms with Gasteiger partial charge >= 0.3 is 0 Å². The average molecular weight is 219 g/mol. The minimum Gasteiger partial charge on any atom is -0.492 e. The van der Waals surface area contributed by atoms with Gasteiger partial charge in [-0.25, -0.2) is 0 Å². The van der Waals surface area contributed by atoms with Crippen LogP contribution in [0.25, 0.3) is 0 Å². The van der Waals surface area contributed by atoms with Crippen molar-refractivity contribution in [3.8, 4) is 5.75 Å². The number of rotatable bonds is 4. The fraction of sp³-hybridized carbons (Fsp3) is 0.571. The predicted octanol–water partition coefficient (Wildman–Crippen LogP) is 2.86. The molecule has 0 saturated carbocycles. The molecule has 1 aliphatic rings. The molecule has 0 radical (unpaired) electrons. The summed E-state index contributed by atoms with van der Waals surface area (Å²) in [5.74, 6) is 0.994. The van der Waals surface area contributed by atoms with Crippen LogP contribution in [0, 0.1) is 6.92 Å². The van der Waals surface area contributed by atoms with E-state index in [1.54, 1.807) is 0 Å². The maximum Gasteiger partial charge on any atom is 0.119 e. The topological polar surface area (TPSA) is 12.5 Å². The molecule has 2 rings (SSSR count). The van der Waals surface area contributed by atoms with Crippen molar-refractivity contribution in [1.82, 2.24) is 4.90 Å². The van der Waals surface area contributed by atoms with Crippen LogP contribution < -0.4 is 4.74 Å². The molecule has 0 bridgehead atoms. The Balaban J connectivity index is 1.85. The molecular weight excluding hydrogens is 198 g/mol. The van der Waals surface area contributed by atoms with Crippen molar-refractivity contribution < 1.29 is 4.74 Å². The standard InChI is InChI=1S/C14H21NO/c1-3-15-10-4-5-13(15)11-16-14-8-6-12(2)7-9-14/h6-9,13H,3-5,10-11H2,1-2H3/t13-/m1/s1. The van der Waals surface area contributed by atoms with E-state index in [9.17, 15) is 0 Å². The minimum absolute atomic E-state index is 0.617. The van der Waals surface area contributed by atoms with Gasteiger partial charge in [-0.3, -0.25) is 4.90 Å². The first-order valence-electron chi connectivity index (χ1n) is 6.23. The van der Waals surface area contributed by atoms with Gasteiger partial charge in [0.15, 0.2) is 0 Å². The van der Waals surface area contributed by atoms with E-state index >= 15 is 0 Å². The molecule has 0 N–H and O–H groups in total. The van der Waals surface area contributed by atoms with Crippen LogP contribution in [0.1, 0.15) is 25.3 Å². The van der Waals surface area contributed by atoms with Gasteiger partial charge in [-0.05, 0) is 45.0 Å². The Labute approximate surface area is 98.2 Å². The Morgan fingerprint density at radius 3 is 2.75 bits per heavy atom. The van der Waals surface area contributed by atoms with Gasteiger partial charge in [0.05, 0.1) is 0 Å². The van der Waals surface area contributed by atoms with Crippen LogP contribution in [-0.4, -0.2) is 30.6 Å². The number of hydrogen-bond acceptors (Lipinski definition) is 2. The van der Waals surface area contributed by atoms with Gasteiger partial charge in [-0.1, -0.05) is 24.6 Å². The van der Waals surface area contributed by atoms with E-state index in [2.05, 4.69) is 43.0 Å². The van der Waals surface area contributed by atoms with Crippen molar-refractivity contribution in [1.29, 1.82) is 0 Å². The number of aryl methyl sites for hydroxylation is 1. The molecule has 1 fully saturated rings. The maximum atomic E-state index is 5.84. The highest BCUT2D eigenvalue weighted by molar-refractivity contribution is 5.26. The molecule has 1 saturated heterocycles. The summed E-state index contributed by atoms with van der Waals surface area (Å²) in [7, 11) is 0. The molecule has 1 aliphatic heterocycles. The van der Waals surface area contributed by atoms with E-state index in [4.69, 9.17) is 4.74 Å². The smallest absolute Gasteiger partial charge is 0.119 e. The van der Waals surface area contributed by atoms with E-state index < -0.39 is 0 Å². The quantitative estimate of drug-likeness (QED) is 0.772. The SMILES string of the molecule is CCN1CCC[C@@H]1COc1ccc(C)cc1. The summed E-state index contributed by atoms with van der Waals surface area (Å²) in [5, 5.41) is 0. The second-order valence-electron chi connectivity index (χ2n) is 4.55. The van der Waals surface area contributed by atoms with Crippen LogP contribution >= 0.6 is 0 Å². The van der Waals surface area contributed by atoms with Gasteiger partial charge in [-0.15, -0.1) is 0 Å². The first-order chi connectivity index (χ1) is 7.79. The summed E-state index contributed by atoms with van der Waals surface area (Å²) in [6.45, 7) is 7.53. The molecule has 1 atom stereocenters. The molecule has 0 amide bonds. The van der Waals surface area contributed by atoms with Crippen molar-refractivity contribution in [2.45, 2.75) is 32.7 Å². The Morgan fingerprint density at radius 1 is 1.31 bits per heavy atom. The van der Waals surface area contributed by atoms with Gasteiger partial charge < -0.3 is 4.74 Å². The summed E-state index contributed by atoms with van der Waals surface area (Å²) in [6.07, 6.45) is 2.59. The number of benzene rings is 1. The van der Waals surface area contributed by atoms with E-state index in [1.807, 2.05) is 0 Å². The molecular formula is C14H21NO. The fourth-order valence-electron chi connectivity index (χ4n) is 2.33. The highest BCUT2D eigenvalue weighted by Crippen LogP contribution is 2.18. The zero-order valence-corrected chi connectivity index (χ0v) is 10.3. The second kappa shape index (κ2) is 5.35. The van der Waals surface area contributed by atoms with Gasteiger partial charge in [0.25, 0.3) is 0 Å². The molecule has 1 aromatic carbocycles. The second-order valence-corrected chi connectivity index (χ2v) is 4.55. The van der Waals surface area contributed by atoms with Gasteiger partial charge in [0, 0.05) is 6.04 Å². The summed E-state index contributed by atoms with van der Waals surface area (Å²) in [6, 6.07) is 8.93. The zero-order valence-electron chi connectivity index (χ0n) is 10.3. The Bertz CT molecular complexity index is 320. The van der Waals surface area contributed by atoms with Crippen LogP contribution in [0.4, 0.5) is 0 Å². The lowest BCUT2D eigenvalue weighted by Gasteiger charge is -2.22. The molecule has 0 aliphatic carbocycles. The molecule has 0 unspecified atom stereocenters. The van der Waals surface area contributed by atoms with E-state index in [-0.39, 0.29) is 0 Å². The van der Waals surface area contributed by atoms with E-state index in [0.29, 0.717) is 6.04 Å². The minimum atomic E-state index is 0.617. The van der Waals surface area contributed by atoms with Crippen LogP contribution in [0.15, 0.2) is 24.3 Å². The largest absolute Gasteiger partial charge is 0.492 e. The number of likely N-dealkylation sites (tertiary alicyclic amines) is 1. The Kier molecular flexibility index (Phi) is 3.83. The van der Waals surface area contributed by atoms with Crippen molar-refractivity contribution >= 4 is 0 Å². The molecule has 2 heteroatoms. The summed E-state index contributed by atoms with van der Waals surface area (Å²) >= 11 is 0. The highest BCUT2D eigenvalue weighted by atomic mass is 16.5. The number of nitrogens with zero attached hydrogens (tertiary/aromatic N) is 1. The molecule has 0 spiro atoms. The van der Waals surface area contributed by atoms with Gasteiger partial charge in [0.2, 0.25) is 0 Å². The normalized spacial score (nSPS) is 21.2. The monoisotopic (exact) mass is 219 g/mol. The van der Waals surface area contributed by atoms with Crippen molar-refractivity contribution in [3.63, 3.8) is 0 Å². The lowest BCUT2D eigenvalue weighted by Crippen LogP contribution is -2.33. The summed E-state index contributed by atoms with van der Waals surface area (Å²) < 4.78 is 5.84. The average Bonchev–Trinajstić information content (AvgIpc) is 2.76. The van der Waals surface area contributed by atoms with Crippen molar-refractivity contribution in [2.24, 2.45) is 0 Å². The third-order valence-corrected chi connectivity index (χ3v) is 3.37. The van der Waals surface area contributed by atoms with E-state index in [0.717, 1.165) is 18.9 Å². The van der Waals surface area contributed by atoms with Crippen molar-refractivity contribution in [3.05, 3.63) is 29.8 Å². The first kappa shape index (κ1) is 11.5. The van der Waals surface area contributed by atoms with Crippen molar-refractivity contribution in [2.75, 3.05) is 19.7 Å². The number of ether oxygens (including phenoxy) is 1. The highest BCUT2D eigenvalue weighted by Gasteiger charge is 2.23. The molecule has 1 heterocycles. The Hall–Kier alpha value is -1.02. The van der Waals surface area contributed by atoms with E-state index in [1.165, 1.54) is 24.9 Å². The molecule has 1 aromatic rings. The summed E-state index contributed by atoms with van der Waals surface area (Å²) in [5.41, 5.74) is 1.28. The predicted molar refractivity (Wildman–Crippen MR) is 66.9 cm³/mol. The molecule has 88 valence electrons. The fourth-order valence-corrected chi connectivity index (χ4v) is 2.33. The molecule has 2 nitrogen and oxygen atoms in total. The molecule has 0 aromatic heterocycles. The lowest BCUT2D eigenvalue weighted by molar-refractivity contribution is 0.179. The Morgan fingerprint density at radius 2 is 2.06 bits per heavy atom. The lowest BCUT2D eigenvalue weighted by atomic mass is 10.2.